The van der Waals surface area contributed by atoms with E-state index >= 15 is 0 Å². The Kier molecular flexibility index (Phi) is 20.2. The number of nitrogens with one attached hydrogen (secondary N) is 1. The molecule has 46 heavy (non-hydrogen) atoms. The van der Waals surface area contributed by atoms with Crippen LogP contribution in [0.4, 0.5) is 0 Å². The van der Waals surface area contributed by atoms with Crippen LogP contribution in [0.1, 0.15) is 116 Å². The van der Waals surface area contributed by atoms with Gasteiger partial charge in [0, 0.05) is 6.42 Å². The van der Waals surface area contributed by atoms with Crippen molar-refractivity contribution in [2.24, 2.45) is 5.92 Å². The summed E-state index contributed by atoms with van der Waals surface area (Å²) in [5.41, 5.74) is -1.77. The van der Waals surface area contributed by atoms with E-state index in [2.05, 4.69) is 19.2 Å². The summed E-state index contributed by atoms with van der Waals surface area (Å²) >= 11 is 0. The van der Waals surface area contributed by atoms with Gasteiger partial charge in [-0.3, -0.25) is 4.79 Å². The van der Waals surface area contributed by atoms with Gasteiger partial charge in [0.1, 0.15) is 21.6 Å². The minimum atomic E-state index is -3.05. The van der Waals surface area contributed by atoms with Crippen LogP contribution in [-0.2, 0) is 30.6 Å². The monoisotopic (exact) mass is 667 g/mol. The first-order valence-electron chi connectivity index (χ1n) is 17.0. The van der Waals surface area contributed by atoms with E-state index in [0.717, 1.165) is 51.4 Å². The van der Waals surface area contributed by atoms with Crippen molar-refractivity contribution in [3.05, 3.63) is 42.0 Å². The van der Waals surface area contributed by atoms with Gasteiger partial charge in [0.15, 0.2) is 5.60 Å². The Morgan fingerprint density at radius 3 is 1.98 bits per heavy atom. The number of hydrogen-bond acceptors (Lipinski definition) is 7. The lowest BCUT2D eigenvalue weighted by molar-refractivity contribution is -0.167. The van der Waals surface area contributed by atoms with Gasteiger partial charge in [-0.25, -0.2) is 18.0 Å². The molecule has 0 aliphatic carbocycles. The standard InChI is InChI=1S/C35H57NO9S/c1-4-7-9-13-16-25-46(43,44)26-17-14-11-10-12-15-18-30(35(42,23-6-3)34(40)41)32(37)36-31(33(38)39)27-28-19-21-29(22-20-28)45-24-8-5-2/h15,18-22,30-31,42H,4-14,16-17,23-27H2,1-3H3,(H,36,37)(H,38,39)(H,40,41)/t30-,31+,35+/m1/s1. The molecule has 1 aromatic carbocycles. The zero-order valence-electron chi connectivity index (χ0n) is 28.0. The van der Waals surface area contributed by atoms with E-state index in [1.807, 2.05) is 0 Å². The van der Waals surface area contributed by atoms with E-state index in [1.165, 1.54) is 6.08 Å². The average molecular weight is 668 g/mol. The van der Waals surface area contributed by atoms with Crippen molar-refractivity contribution < 1.29 is 42.9 Å². The fraction of sp³-hybridized carbons (Fsp3) is 0.686. The molecule has 1 rings (SSSR count). The van der Waals surface area contributed by atoms with Crippen LogP contribution in [0.2, 0.25) is 0 Å². The highest BCUT2D eigenvalue weighted by Gasteiger charge is 2.46. The highest BCUT2D eigenvalue weighted by atomic mass is 32.2. The van der Waals surface area contributed by atoms with Gasteiger partial charge in [0.2, 0.25) is 5.91 Å². The largest absolute Gasteiger partial charge is 0.494 e. The molecule has 0 bridgehead atoms. The molecular formula is C35H57NO9S. The second kappa shape index (κ2) is 22.6. The van der Waals surface area contributed by atoms with Gasteiger partial charge < -0.3 is 25.4 Å². The number of carbonyl (C=O) groups excluding carboxylic acids is 1. The molecule has 0 unspecified atom stereocenters. The Morgan fingerprint density at radius 1 is 0.848 bits per heavy atom. The third-order valence-electron chi connectivity index (χ3n) is 8.01. The third-order valence-corrected chi connectivity index (χ3v) is 9.83. The van der Waals surface area contributed by atoms with E-state index in [9.17, 15) is 38.1 Å². The van der Waals surface area contributed by atoms with Crippen molar-refractivity contribution in [3.8, 4) is 5.75 Å². The van der Waals surface area contributed by atoms with Crippen LogP contribution >= 0.6 is 0 Å². The molecule has 0 radical (unpaired) electrons. The number of aliphatic hydroxyl groups is 1. The second-order valence-electron chi connectivity index (χ2n) is 12.1. The van der Waals surface area contributed by atoms with E-state index in [0.29, 0.717) is 43.6 Å². The number of hydrogen-bond donors (Lipinski definition) is 4. The molecule has 0 aliphatic heterocycles. The number of allylic oxidation sites excluding steroid dienone is 1. The normalized spacial score (nSPS) is 14.4. The minimum Gasteiger partial charge on any atom is -0.494 e. The molecule has 0 aliphatic rings. The smallest absolute Gasteiger partial charge is 0.336 e. The summed E-state index contributed by atoms with van der Waals surface area (Å²) in [7, 11) is -3.05. The maximum Gasteiger partial charge on any atom is 0.336 e. The highest BCUT2D eigenvalue weighted by molar-refractivity contribution is 7.91. The number of carboxylic acids is 2. The first-order valence-corrected chi connectivity index (χ1v) is 18.8. The van der Waals surface area contributed by atoms with E-state index in [4.69, 9.17) is 4.74 Å². The summed E-state index contributed by atoms with van der Waals surface area (Å²) in [4.78, 5) is 37.6. The first kappa shape index (κ1) is 41.1. The number of aliphatic carboxylic acids is 2. The number of benzene rings is 1. The molecule has 0 spiro atoms. The predicted molar refractivity (Wildman–Crippen MR) is 181 cm³/mol. The van der Waals surface area contributed by atoms with Crippen LogP contribution in [-0.4, -0.2) is 71.3 Å². The zero-order chi connectivity index (χ0) is 34.4. The van der Waals surface area contributed by atoms with Crippen molar-refractivity contribution in [1.82, 2.24) is 5.32 Å². The van der Waals surface area contributed by atoms with Crippen molar-refractivity contribution in [2.45, 2.75) is 129 Å². The summed E-state index contributed by atoms with van der Waals surface area (Å²) < 4.78 is 30.2. The molecule has 1 amide bonds. The summed E-state index contributed by atoms with van der Waals surface area (Å²) in [6, 6.07) is 5.56. The molecule has 1 aromatic rings. The topological polar surface area (TPSA) is 167 Å². The summed E-state index contributed by atoms with van der Waals surface area (Å²) in [5, 5.41) is 33.3. The molecule has 0 fully saturated rings. The number of sulfone groups is 1. The molecule has 262 valence electrons. The summed E-state index contributed by atoms with van der Waals surface area (Å²) in [6.45, 7) is 6.44. The fourth-order valence-corrected chi connectivity index (χ4v) is 6.68. The van der Waals surface area contributed by atoms with Crippen LogP contribution in [0, 0.1) is 5.92 Å². The molecule has 0 heterocycles. The fourth-order valence-electron chi connectivity index (χ4n) is 5.19. The molecule has 3 atom stereocenters. The van der Waals surface area contributed by atoms with Gasteiger partial charge in [0.05, 0.1) is 24.0 Å². The third kappa shape index (κ3) is 16.1. The van der Waals surface area contributed by atoms with Gasteiger partial charge in [-0.1, -0.05) is 96.4 Å². The van der Waals surface area contributed by atoms with Gasteiger partial charge in [0.25, 0.3) is 0 Å². The maximum absolute atomic E-state index is 13.4. The van der Waals surface area contributed by atoms with Crippen LogP contribution in [0.3, 0.4) is 0 Å². The molecule has 10 nitrogen and oxygen atoms in total. The van der Waals surface area contributed by atoms with Crippen LogP contribution in [0.25, 0.3) is 0 Å². The molecular weight excluding hydrogens is 610 g/mol. The van der Waals surface area contributed by atoms with Crippen molar-refractivity contribution in [1.29, 1.82) is 0 Å². The van der Waals surface area contributed by atoms with Gasteiger partial charge >= 0.3 is 11.9 Å². The molecule has 0 aromatic heterocycles. The van der Waals surface area contributed by atoms with Crippen LogP contribution in [0.5, 0.6) is 5.75 Å². The summed E-state index contributed by atoms with van der Waals surface area (Å²) in [6.07, 6.45) is 13.1. The van der Waals surface area contributed by atoms with Crippen LogP contribution < -0.4 is 10.1 Å². The first-order chi connectivity index (χ1) is 21.9. The number of amides is 1. The number of rotatable bonds is 27. The lowest BCUT2D eigenvalue weighted by atomic mass is 9.82. The Bertz CT molecular complexity index is 1170. The number of carboxylic acid groups (broad SMARTS) is 2. The average Bonchev–Trinajstić information content (AvgIpc) is 3.00. The SMILES string of the molecule is CCCCCCCS(=O)(=O)CCCCCCC=C[C@H](C(=O)N[C@@H](Cc1ccc(OCCCC)cc1)C(=O)O)[C@@](O)(CCC)C(=O)O. The van der Waals surface area contributed by atoms with E-state index in [-0.39, 0.29) is 30.8 Å². The Morgan fingerprint density at radius 2 is 1.43 bits per heavy atom. The second-order valence-corrected chi connectivity index (χ2v) is 14.4. The lowest BCUT2D eigenvalue weighted by Crippen LogP contribution is -2.54. The van der Waals surface area contributed by atoms with Gasteiger partial charge in [-0.2, -0.15) is 0 Å². The highest BCUT2D eigenvalue weighted by Crippen LogP contribution is 2.27. The van der Waals surface area contributed by atoms with Crippen molar-refractivity contribution >= 4 is 27.7 Å². The lowest BCUT2D eigenvalue weighted by Gasteiger charge is -2.30. The number of carbonyl (C=O) groups is 3. The molecule has 11 heteroatoms. The number of ether oxygens (including phenoxy) is 1. The molecule has 0 saturated carbocycles. The minimum absolute atomic E-state index is 0.0411. The van der Waals surface area contributed by atoms with Crippen LogP contribution in [0.15, 0.2) is 36.4 Å². The van der Waals surface area contributed by atoms with E-state index < -0.39 is 45.2 Å². The number of unbranched alkanes of at least 4 members (excludes halogenated alkanes) is 9. The molecule has 0 saturated heterocycles. The van der Waals surface area contributed by atoms with Crippen molar-refractivity contribution in [3.63, 3.8) is 0 Å². The van der Waals surface area contributed by atoms with Gasteiger partial charge in [-0.15, -0.1) is 0 Å². The summed E-state index contributed by atoms with van der Waals surface area (Å²) in [5.74, 6) is -4.18. The van der Waals surface area contributed by atoms with E-state index in [1.54, 1.807) is 37.3 Å². The van der Waals surface area contributed by atoms with Crippen molar-refractivity contribution in [2.75, 3.05) is 18.1 Å². The Labute approximate surface area is 275 Å². The predicted octanol–water partition coefficient (Wildman–Crippen LogP) is 6.10. The Balaban J connectivity index is 2.79. The quantitative estimate of drug-likeness (QED) is 0.0640. The maximum atomic E-state index is 13.4. The zero-order valence-corrected chi connectivity index (χ0v) is 28.9. The Hall–Kier alpha value is -2.92. The van der Waals surface area contributed by atoms with Gasteiger partial charge in [-0.05, 0) is 56.2 Å². The molecule has 4 N–H and O–H groups in total.